The molecular weight excluding hydrogens is 441 g/mol. The van der Waals surface area contributed by atoms with Gasteiger partial charge in [0.15, 0.2) is 5.69 Å². The number of hydrogen-bond donors (Lipinski definition) is 1. The van der Waals surface area contributed by atoms with E-state index in [4.69, 9.17) is 0 Å². The molecule has 11 heteroatoms. The number of thioether (sulfide) groups is 1. The van der Waals surface area contributed by atoms with E-state index in [0.717, 1.165) is 22.9 Å². The molecule has 0 aliphatic carbocycles. The van der Waals surface area contributed by atoms with Gasteiger partial charge in [-0.15, -0.1) is 0 Å². The summed E-state index contributed by atoms with van der Waals surface area (Å²) in [7, 11) is 0. The number of benzene rings is 2. The largest absolute Gasteiger partial charge is 0.418 e. The van der Waals surface area contributed by atoms with Gasteiger partial charge in [0.25, 0.3) is 11.7 Å². The van der Waals surface area contributed by atoms with Gasteiger partial charge in [0.05, 0.1) is 16.9 Å². The minimum atomic E-state index is -4.69. The maximum atomic E-state index is 13.4. The van der Waals surface area contributed by atoms with Crippen LogP contribution >= 0.6 is 11.8 Å². The zero-order valence-corrected chi connectivity index (χ0v) is 16.6. The van der Waals surface area contributed by atoms with Crippen molar-refractivity contribution in [1.82, 2.24) is 9.78 Å². The molecule has 3 aromatic rings. The number of amides is 1. The first-order valence-corrected chi connectivity index (χ1v) is 9.58. The molecule has 1 amide bonds. The lowest BCUT2D eigenvalue weighted by atomic mass is 10.1. The number of anilines is 1. The smallest absolute Gasteiger partial charge is 0.319 e. The maximum Gasteiger partial charge on any atom is 0.418 e. The van der Waals surface area contributed by atoms with Gasteiger partial charge in [-0.2, -0.15) is 27.1 Å². The summed E-state index contributed by atoms with van der Waals surface area (Å²) in [6.45, 7) is 1.37. The third kappa shape index (κ3) is 5.10. The summed E-state index contributed by atoms with van der Waals surface area (Å²) in [5, 5.41) is 6.16. The summed E-state index contributed by atoms with van der Waals surface area (Å²) >= 11 is 0.197. The van der Waals surface area contributed by atoms with Gasteiger partial charge >= 0.3 is 6.18 Å². The van der Waals surface area contributed by atoms with Crippen LogP contribution in [0.2, 0.25) is 0 Å². The van der Waals surface area contributed by atoms with Crippen LogP contribution in [-0.2, 0) is 6.18 Å². The molecule has 5 nitrogen and oxygen atoms in total. The molecule has 1 N–H and O–H groups in total. The van der Waals surface area contributed by atoms with Crippen molar-refractivity contribution in [3.63, 3.8) is 0 Å². The third-order valence-electron chi connectivity index (χ3n) is 4.11. The van der Waals surface area contributed by atoms with Crippen LogP contribution in [-0.4, -0.2) is 21.4 Å². The summed E-state index contributed by atoms with van der Waals surface area (Å²) in [6.07, 6.45) is -4.69. The first-order chi connectivity index (χ1) is 14.6. The number of nitrogens with one attached hydrogen (secondary N) is 1. The molecule has 0 aliphatic rings. The molecule has 0 radical (unpaired) electrons. The van der Waals surface area contributed by atoms with Crippen molar-refractivity contribution in [3.05, 3.63) is 81.8 Å². The highest BCUT2D eigenvalue weighted by Crippen LogP contribution is 2.34. The van der Waals surface area contributed by atoms with Crippen molar-refractivity contribution in [2.75, 3.05) is 5.32 Å². The van der Waals surface area contributed by atoms with Gasteiger partial charge < -0.3 is 5.32 Å². The van der Waals surface area contributed by atoms with E-state index >= 15 is 0 Å². The van der Waals surface area contributed by atoms with Crippen LogP contribution in [0.5, 0.6) is 0 Å². The zero-order valence-electron chi connectivity index (χ0n) is 15.8. The molecule has 0 bridgehead atoms. The number of carbonyl (C=O) groups is 1. The predicted octanol–water partition coefficient (Wildman–Crippen LogP) is 5.13. The number of aryl methyl sites for hydroxylation is 1. The van der Waals surface area contributed by atoms with E-state index in [1.165, 1.54) is 43.3 Å². The summed E-state index contributed by atoms with van der Waals surface area (Å²) in [5.74, 6) is -3.78. The molecule has 2 aromatic carbocycles. The van der Waals surface area contributed by atoms with Crippen LogP contribution in [0.25, 0.3) is 5.69 Å². The molecule has 162 valence electrons. The van der Waals surface area contributed by atoms with E-state index in [1.54, 1.807) is 0 Å². The van der Waals surface area contributed by atoms with Crippen LogP contribution in [0.15, 0.2) is 64.3 Å². The van der Waals surface area contributed by atoms with Gasteiger partial charge in [-0.3, -0.25) is 9.59 Å². The molecule has 0 saturated heterocycles. The van der Waals surface area contributed by atoms with Crippen molar-refractivity contribution in [1.29, 1.82) is 0 Å². The topological polar surface area (TPSA) is 64.0 Å². The Labute approximate surface area is 176 Å². The minimum absolute atomic E-state index is 0.0156. The highest BCUT2D eigenvalue weighted by atomic mass is 32.2. The number of carbonyl (C=O) groups excluding carboxylic acids is 1. The minimum Gasteiger partial charge on any atom is -0.319 e. The average Bonchev–Trinajstić information content (AvgIpc) is 2.68. The lowest BCUT2D eigenvalue weighted by molar-refractivity contribution is -0.137. The number of rotatable bonds is 5. The number of alkyl halides is 5. The van der Waals surface area contributed by atoms with Crippen LogP contribution in [0.3, 0.4) is 0 Å². The fourth-order valence-electron chi connectivity index (χ4n) is 2.80. The first kappa shape index (κ1) is 22.5. The lowest BCUT2D eigenvalue weighted by Gasteiger charge is -2.17. The van der Waals surface area contributed by atoms with Gasteiger partial charge in [-0.25, -0.2) is 4.68 Å². The van der Waals surface area contributed by atoms with E-state index in [1.807, 2.05) is 0 Å². The Morgan fingerprint density at radius 2 is 1.74 bits per heavy atom. The van der Waals surface area contributed by atoms with Gasteiger partial charge in [0.1, 0.15) is 0 Å². The van der Waals surface area contributed by atoms with Gasteiger partial charge in [0, 0.05) is 16.7 Å². The molecule has 0 aliphatic heterocycles. The van der Waals surface area contributed by atoms with Gasteiger partial charge in [-0.05, 0) is 31.2 Å². The Bertz CT molecular complexity index is 1180. The van der Waals surface area contributed by atoms with Crippen LogP contribution in [0.4, 0.5) is 27.6 Å². The first-order valence-electron chi connectivity index (χ1n) is 8.70. The molecule has 1 heterocycles. The van der Waals surface area contributed by atoms with E-state index in [2.05, 4.69) is 10.4 Å². The number of aromatic nitrogens is 2. The average molecular weight is 455 g/mol. The van der Waals surface area contributed by atoms with Crippen molar-refractivity contribution in [3.8, 4) is 5.69 Å². The zero-order chi connectivity index (χ0) is 22.8. The highest BCUT2D eigenvalue weighted by molar-refractivity contribution is 7.99. The second-order valence-corrected chi connectivity index (χ2v) is 7.29. The second-order valence-electron chi connectivity index (χ2n) is 6.25. The number of hydrogen-bond acceptors (Lipinski definition) is 4. The van der Waals surface area contributed by atoms with Crippen LogP contribution < -0.4 is 10.7 Å². The van der Waals surface area contributed by atoms with Crippen LogP contribution in [0.1, 0.15) is 21.7 Å². The summed E-state index contributed by atoms with van der Waals surface area (Å²) in [6, 6.07) is 11.2. The second kappa shape index (κ2) is 8.88. The number of nitrogens with zero attached hydrogens (tertiary/aromatic N) is 2. The molecule has 1 aromatic heterocycles. The van der Waals surface area contributed by atoms with E-state index in [0.29, 0.717) is 0 Å². The molecule has 0 spiro atoms. The Hall–Kier alpha value is -3.21. The quantitative estimate of drug-likeness (QED) is 0.428. The predicted molar refractivity (Wildman–Crippen MR) is 106 cm³/mol. The Balaban J connectivity index is 2.04. The number of para-hydroxylation sites is 2. The van der Waals surface area contributed by atoms with Crippen molar-refractivity contribution in [2.24, 2.45) is 0 Å². The van der Waals surface area contributed by atoms with Crippen LogP contribution in [0, 0.1) is 6.92 Å². The van der Waals surface area contributed by atoms with Crippen molar-refractivity contribution >= 4 is 23.4 Å². The molecule has 3 rings (SSSR count). The molecule has 31 heavy (non-hydrogen) atoms. The van der Waals surface area contributed by atoms with E-state index < -0.39 is 34.5 Å². The fourth-order valence-corrected chi connectivity index (χ4v) is 3.39. The van der Waals surface area contributed by atoms with Crippen molar-refractivity contribution < 1.29 is 26.7 Å². The Morgan fingerprint density at radius 1 is 1.10 bits per heavy atom. The molecule has 0 atom stereocenters. The van der Waals surface area contributed by atoms with Gasteiger partial charge in [-0.1, -0.05) is 36.0 Å². The summed E-state index contributed by atoms with van der Waals surface area (Å²) < 4.78 is 66.5. The Kier molecular flexibility index (Phi) is 6.44. The monoisotopic (exact) mass is 455 g/mol. The van der Waals surface area contributed by atoms with Crippen molar-refractivity contribution in [2.45, 2.75) is 23.8 Å². The Morgan fingerprint density at radius 3 is 2.42 bits per heavy atom. The standard InChI is InChI=1S/C20H14F5N3O2S/c1-11-10-15(29)17(18(30)26-13-7-3-5-9-16(13)31-19(21)22)27-28(11)14-8-4-2-6-12(14)20(23,24)25/h2-10,19H,1H3,(H,26,30). The maximum absolute atomic E-state index is 13.4. The molecular formula is C20H14F5N3O2S. The normalized spacial score (nSPS) is 11.6. The molecule has 0 fully saturated rings. The lowest BCUT2D eigenvalue weighted by Crippen LogP contribution is -2.27. The van der Waals surface area contributed by atoms with E-state index in [9.17, 15) is 31.5 Å². The fraction of sp³-hybridized carbons (Fsp3) is 0.150. The molecule has 0 unspecified atom stereocenters. The third-order valence-corrected chi connectivity index (χ3v) is 4.90. The number of halogens is 5. The summed E-state index contributed by atoms with van der Waals surface area (Å²) in [4.78, 5) is 25.0. The van der Waals surface area contributed by atoms with Gasteiger partial charge in [0.2, 0.25) is 5.43 Å². The SMILES string of the molecule is Cc1cc(=O)c(C(=O)Nc2ccccc2SC(F)F)nn1-c1ccccc1C(F)(F)F. The van der Waals surface area contributed by atoms with E-state index in [-0.39, 0.29) is 33.7 Å². The molecule has 0 saturated carbocycles. The summed E-state index contributed by atoms with van der Waals surface area (Å²) in [5.41, 5.74) is -2.78. The highest BCUT2D eigenvalue weighted by Gasteiger charge is 2.34.